The number of hydrogen-bond acceptors (Lipinski definition) is 4. The van der Waals surface area contributed by atoms with E-state index < -0.39 is 9.84 Å². The molecular weight excluding hydrogens is 224 g/mol. The summed E-state index contributed by atoms with van der Waals surface area (Å²) in [6.07, 6.45) is 2.15. The fourth-order valence-electron chi connectivity index (χ4n) is 2.04. The van der Waals surface area contributed by atoms with Crippen LogP contribution in [0.25, 0.3) is 0 Å². The Balaban J connectivity index is 2.41. The molecule has 1 aliphatic heterocycles. The minimum atomic E-state index is -3.17. The van der Waals surface area contributed by atoms with Crippen molar-refractivity contribution in [1.82, 2.24) is 0 Å². The van der Waals surface area contributed by atoms with E-state index in [2.05, 4.69) is 0 Å². The molecule has 0 bridgehead atoms. The highest BCUT2D eigenvalue weighted by Crippen LogP contribution is 2.27. The summed E-state index contributed by atoms with van der Waals surface area (Å²) >= 11 is 0. The summed E-state index contributed by atoms with van der Waals surface area (Å²) in [5, 5.41) is 0. The zero-order valence-electron chi connectivity index (χ0n) is 9.26. The van der Waals surface area contributed by atoms with Crippen molar-refractivity contribution in [2.75, 3.05) is 24.2 Å². The summed E-state index contributed by atoms with van der Waals surface area (Å²) < 4.78 is 23.3. The molecular formula is C11H16N2O2S. The minimum Gasteiger partial charge on any atom is -0.369 e. The van der Waals surface area contributed by atoms with Crippen LogP contribution in [0.3, 0.4) is 0 Å². The van der Waals surface area contributed by atoms with E-state index in [0.717, 1.165) is 25.2 Å². The highest BCUT2D eigenvalue weighted by atomic mass is 32.2. The number of hydrogen-bond donors (Lipinski definition) is 1. The van der Waals surface area contributed by atoms with Crippen LogP contribution in [0.5, 0.6) is 0 Å². The highest BCUT2D eigenvalue weighted by Gasteiger charge is 2.23. The van der Waals surface area contributed by atoms with Crippen LogP contribution in [0.4, 0.5) is 5.69 Å². The van der Waals surface area contributed by atoms with Crippen LogP contribution in [0.15, 0.2) is 29.2 Å². The molecule has 16 heavy (non-hydrogen) atoms. The Hall–Kier alpha value is -1.07. The molecule has 0 radical (unpaired) electrons. The Labute approximate surface area is 96.0 Å². The molecule has 2 rings (SSSR count). The van der Waals surface area contributed by atoms with Crippen molar-refractivity contribution >= 4 is 15.5 Å². The van der Waals surface area contributed by atoms with E-state index in [1.807, 2.05) is 17.0 Å². The predicted octanol–water partition coefficient (Wildman–Crippen LogP) is 0.628. The summed E-state index contributed by atoms with van der Waals surface area (Å²) in [6, 6.07) is 7.24. The topological polar surface area (TPSA) is 63.4 Å². The third kappa shape index (κ3) is 2.20. The van der Waals surface area contributed by atoms with Crippen LogP contribution >= 0.6 is 0 Å². The third-order valence-electron chi connectivity index (χ3n) is 2.83. The second-order valence-corrected chi connectivity index (χ2v) is 6.22. The summed E-state index contributed by atoms with van der Waals surface area (Å²) in [7, 11) is -3.17. The second-order valence-electron chi connectivity index (χ2n) is 4.23. The molecule has 0 aliphatic carbocycles. The van der Waals surface area contributed by atoms with Gasteiger partial charge in [-0.15, -0.1) is 0 Å². The maximum atomic E-state index is 11.6. The van der Waals surface area contributed by atoms with E-state index in [1.54, 1.807) is 12.1 Å². The first-order chi connectivity index (χ1) is 7.48. The van der Waals surface area contributed by atoms with Crippen LogP contribution in [-0.4, -0.2) is 33.8 Å². The van der Waals surface area contributed by atoms with Gasteiger partial charge in [0.25, 0.3) is 0 Å². The van der Waals surface area contributed by atoms with Crippen molar-refractivity contribution < 1.29 is 8.42 Å². The lowest BCUT2D eigenvalue weighted by Crippen LogP contribution is -2.27. The molecule has 1 aromatic rings. The van der Waals surface area contributed by atoms with Gasteiger partial charge in [0.05, 0.1) is 10.6 Å². The van der Waals surface area contributed by atoms with Gasteiger partial charge in [-0.1, -0.05) is 12.1 Å². The van der Waals surface area contributed by atoms with Crippen molar-refractivity contribution in [1.29, 1.82) is 0 Å². The van der Waals surface area contributed by atoms with Gasteiger partial charge in [0, 0.05) is 25.4 Å². The number of rotatable bonds is 2. The van der Waals surface area contributed by atoms with Gasteiger partial charge in [0.15, 0.2) is 9.84 Å². The molecule has 5 heteroatoms. The number of anilines is 1. The zero-order valence-corrected chi connectivity index (χ0v) is 10.1. The molecule has 0 spiro atoms. The van der Waals surface area contributed by atoms with Crippen molar-refractivity contribution in [2.45, 2.75) is 17.4 Å². The van der Waals surface area contributed by atoms with Gasteiger partial charge < -0.3 is 10.6 Å². The highest BCUT2D eigenvalue weighted by molar-refractivity contribution is 7.90. The molecule has 0 saturated carbocycles. The molecule has 1 heterocycles. The minimum absolute atomic E-state index is 0.146. The van der Waals surface area contributed by atoms with Crippen molar-refractivity contribution in [3.05, 3.63) is 24.3 Å². The molecule has 0 aromatic heterocycles. The van der Waals surface area contributed by atoms with E-state index in [-0.39, 0.29) is 6.04 Å². The first-order valence-corrected chi connectivity index (χ1v) is 7.17. The first kappa shape index (κ1) is 11.4. The molecule has 1 fully saturated rings. The Morgan fingerprint density at radius 1 is 1.38 bits per heavy atom. The van der Waals surface area contributed by atoms with Gasteiger partial charge in [-0.05, 0) is 18.6 Å². The molecule has 1 unspecified atom stereocenters. The number of nitrogens with two attached hydrogens (primary N) is 1. The fraction of sp³-hybridized carbons (Fsp3) is 0.455. The predicted molar refractivity (Wildman–Crippen MR) is 64.4 cm³/mol. The lowest BCUT2D eigenvalue weighted by Gasteiger charge is -2.20. The first-order valence-electron chi connectivity index (χ1n) is 5.28. The maximum Gasteiger partial charge on any atom is 0.177 e. The summed E-state index contributed by atoms with van der Waals surface area (Å²) in [6.45, 7) is 1.56. The van der Waals surface area contributed by atoms with Gasteiger partial charge in [-0.25, -0.2) is 8.42 Å². The number of nitrogens with zero attached hydrogens (tertiary/aromatic N) is 1. The SMILES string of the molecule is CS(=O)(=O)c1ccccc1N1CCC(N)C1. The average molecular weight is 240 g/mol. The van der Waals surface area contributed by atoms with Crippen molar-refractivity contribution in [3.8, 4) is 0 Å². The van der Waals surface area contributed by atoms with E-state index in [0.29, 0.717) is 4.90 Å². The maximum absolute atomic E-state index is 11.6. The van der Waals surface area contributed by atoms with E-state index in [4.69, 9.17) is 5.73 Å². The molecule has 0 amide bonds. The van der Waals surface area contributed by atoms with Crippen molar-refractivity contribution in [2.24, 2.45) is 5.73 Å². The summed E-state index contributed by atoms with van der Waals surface area (Å²) in [5.74, 6) is 0. The quantitative estimate of drug-likeness (QED) is 0.823. The molecule has 1 aliphatic rings. The summed E-state index contributed by atoms with van der Waals surface area (Å²) in [5.41, 5.74) is 6.61. The lowest BCUT2D eigenvalue weighted by atomic mass is 10.3. The largest absolute Gasteiger partial charge is 0.369 e. The Morgan fingerprint density at radius 3 is 2.62 bits per heavy atom. The molecule has 1 aromatic carbocycles. The van der Waals surface area contributed by atoms with Gasteiger partial charge >= 0.3 is 0 Å². The molecule has 88 valence electrons. The summed E-state index contributed by atoms with van der Waals surface area (Å²) in [4.78, 5) is 2.44. The van der Waals surface area contributed by atoms with Gasteiger partial charge in [-0.2, -0.15) is 0 Å². The van der Waals surface area contributed by atoms with Gasteiger partial charge in [0.2, 0.25) is 0 Å². The van der Waals surface area contributed by atoms with Crippen LogP contribution in [0, 0.1) is 0 Å². The standard InChI is InChI=1S/C11H16N2O2S/c1-16(14,15)11-5-3-2-4-10(11)13-7-6-9(12)8-13/h2-5,9H,6-8,12H2,1H3. The second kappa shape index (κ2) is 4.07. The molecule has 1 saturated heterocycles. The molecule has 2 N–H and O–H groups in total. The number of sulfone groups is 1. The third-order valence-corrected chi connectivity index (χ3v) is 3.97. The van der Waals surface area contributed by atoms with Crippen LogP contribution in [0.1, 0.15) is 6.42 Å². The van der Waals surface area contributed by atoms with Crippen molar-refractivity contribution in [3.63, 3.8) is 0 Å². The van der Waals surface area contributed by atoms with E-state index >= 15 is 0 Å². The van der Waals surface area contributed by atoms with Crippen LogP contribution < -0.4 is 10.6 Å². The molecule has 4 nitrogen and oxygen atoms in total. The smallest absolute Gasteiger partial charge is 0.177 e. The van der Waals surface area contributed by atoms with E-state index in [9.17, 15) is 8.42 Å². The normalized spacial score (nSPS) is 21.4. The van der Waals surface area contributed by atoms with Gasteiger partial charge in [0.1, 0.15) is 0 Å². The Bertz CT molecular complexity index is 485. The number of benzene rings is 1. The zero-order chi connectivity index (χ0) is 11.8. The average Bonchev–Trinajstić information content (AvgIpc) is 2.64. The van der Waals surface area contributed by atoms with Gasteiger partial charge in [-0.3, -0.25) is 0 Å². The molecule has 1 atom stereocenters. The van der Waals surface area contributed by atoms with Crippen LogP contribution in [-0.2, 0) is 9.84 Å². The number of para-hydroxylation sites is 1. The fourth-order valence-corrected chi connectivity index (χ4v) is 2.94. The monoisotopic (exact) mass is 240 g/mol. The Morgan fingerprint density at radius 2 is 2.06 bits per heavy atom. The Kier molecular flexibility index (Phi) is 2.90. The van der Waals surface area contributed by atoms with Crippen LogP contribution in [0.2, 0.25) is 0 Å². The van der Waals surface area contributed by atoms with E-state index in [1.165, 1.54) is 6.26 Å². The lowest BCUT2D eigenvalue weighted by molar-refractivity contribution is 0.601.